The summed E-state index contributed by atoms with van der Waals surface area (Å²) in [6, 6.07) is 6.82. The summed E-state index contributed by atoms with van der Waals surface area (Å²) in [5.74, 6) is -1.10. The van der Waals surface area contributed by atoms with Gasteiger partial charge in [0.05, 0.1) is 5.69 Å². The fourth-order valence-electron chi connectivity index (χ4n) is 2.60. The molecule has 0 radical (unpaired) electrons. The summed E-state index contributed by atoms with van der Waals surface area (Å²) in [7, 11) is 0. The van der Waals surface area contributed by atoms with Gasteiger partial charge in [-0.25, -0.2) is 14.5 Å². The maximum atomic E-state index is 12.4. The van der Waals surface area contributed by atoms with Crippen molar-refractivity contribution in [3.63, 3.8) is 0 Å². The highest BCUT2D eigenvalue weighted by Crippen LogP contribution is 2.23. The quantitative estimate of drug-likeness (QED) is 0.839. The molecule has 7 heteroatoms. The van der Waals surface area contributed by atoms with Gasteiger partial charge in [0.15, 0.2) is 0 Å². The van der Waals surface area contributed by atoms with Crippen molar-refractivity contribution >= 4 is 11.9 Å². The first-order valence-corrected chi connectivity index (χ1v) is 8.29. The summed E-state index contributed by atoms with van der Waals surface area (Å²) in [6.07, 6.45) is 0. The third-order valence-corrected chi connectivity index (χ3v) is 3.98. The van der Waals surface area contributed by atoms with Gasteiger partial charge in [0.2, 0.25) is 5.82 Å². The number of benzene rings is 1. The maximum absolute atomic E-state index is 12.4. The number of hydrogen-bond donors (Lipinski definition) is 2. The van der Waals surface area contributed by atoms with Crippen LogP contribution in [-0.4, -0.2) is 37.8 Å². The van der Waals surface area contributed by atoms with Gasteiger partial charge in [-0.2, -0.15) is 0 Å². The number of nitrogens with one attached hydrogen (secondary N) is 1. The average molecular weight is 344 g/mol. The number of carbonyl (C=O) groups is 2. The van der Waals surface area contributed by atoms with Crippen LogP contribution >= 0.6 is 0 Å². The summed E-state index contributed by atoms with van der Waals surface area (Å²) in [5.41, 5.74) is 1.95. The third-order valence-electron chi connectivity index (χ3n) is 3.98. The predicted molar refractivity (Wildman–Crippen MR) is 93.9 cm³/mol. The monoisotopic (exact) mass is 344 g/mol. The number of carboxylic acids is 1. The highest BCUT2D eigenvalue weighted by Gasteiger charge is 2.26. The van der Waals surface area contributed by atoms with Crippen molar-refractivity contribution in [3.05, 3.63) is 41.5 Å². The normalized spacial score (nSPS) is 12.4. The lowest BCUT2D eigenvalue weighted by atomic mass is 10.0. The Bertz CT molecular complexity index is 780. The number of aryl methyl sites for hydroxylation is 1. The topological polar surface area (TPSA) is 97.1 Å². The zero-order valence-electron chi connectivity index (χ0n) is 15.1. The van der Waals surface area contributed by atoms with Gasteiger partial charge in [0, 0.05) is 0 Å². The van der Waals surface area contributed by atoms with Crippen molar-refractivity contribution < 1.29 is 14.7 Å². The molecule has 2 N–H and O–H groups in total. The Hall–Kier alpha value is -2.70. The van der Waals surface area contributed by atoms with Crippen LogP contribution in [0.1, 0.15) is 55.6 Å². The van der Waals surface area contributed by atoms with Gasteiger partial charge < -0.3 is 10.4 Å². The minimum Gasteiger partial charge on any atom is -0.480 e. The van der Waals surface area contributed by atoms with Crippen LogP contribution in [0.5, 0.6) is 0 Å². The lowest BCUT2D eigenvalue weighted by Crippen LogP contribution is -2.44. The summed E-state index contributed by atoms with van der Waals surface area (Å²) < 4.78 is 1.62. The van der Waals surface area contributed by atoms with Crippen LogP contribution in [0, 0.1) is 12.8 Å². The van der Waals surface area contributed by atoms with Crippen molar-refractivity contribution in [2.24, 2.45) is 5.92 Å². The van der Waals surface area contributed by atoms with Gasteiger partial charge >= 0.3 is 5.97 Å². The molecular formula is C18H24N4O3. The molecule has 0 bridgehead atoms. The molecule has 2 rings (SSSR count). The Morgan fingerprint density at radius 2 is 1.80 bits per heavy atom. The molecule has 1 atom stereocenters. The second-order valence-corrected chi connectivity index (χ2v) is 6.64. The van der Waals surface area contributed by atoms with Gasteiger partial charge in [0.1, 0.15) is 11.9 Å². The Morgan fingerprint density at radius 3 is 2.36 bits per heavy atom. The minimum absolute atomic E-state index is 0.0389. The van der Waals surface area contributed by atoms with Crippen LogP contribution in [0.25, 0.3) is 5.69 Å². The molecule has 7 nitrogen and oxygen atoms in total. The summed E-state index contributed by atoms with van der Waals surface area (Å²) >= 11 is 0. The van der Waals surface area contributed by atoms with Crippen LogP contribution in [-0.2, 0) is 4.79 Å². The van der Waals surface area contributed by atoms with Gasteiger partial charge in [-0.3, -0.25) is 4.79 Å². The first-order valence-electron chi connectivity index (χ1n) is 8.29. The highest BCUT2D eigenvalue weighted by molar-refractivity contribution is 5.93. The first-order chi connectivity index (χ1) is 11.7. The van der Waals surface area contributed by atoms with Gasteiger partial charge in [-0.1, -0.05) is 45.9 Å². The molecule has 1 amide bonds. The molecule has 1 heterocycles. The Balaban J connectivity index is 2.35. The van der Waals surface area contributed by atoms with Crippen molar-refractivity contribution in [1.29, 1.82) is 0 Å². The number of aromatic nitrogens is 3. The van der Waals surface area contributed by atoms with Crippen LogP contribution in [0.15, 0.2) is 24.3 Å². The molecule has 134 valence electrons. The Labute approximate surface area is 147 Å². The fourth-order valence-corrected chi connectivity index (χ4v) is 2.60. The van der Waals surface area contributed by atoms with Crippen LogP contribution in [0.2, 0.25) is 0 Å². The highest BCUT2D eigenvalue weighted by atomic mass is 16.4. The van der Waals surface area contributed by atoms with E-state index in [4.69, 9.17) is 0 Å². The molecular weight excluding hydrogens is 320 g/mol. The zero-order valence-corrected chi connectivity index (χ0v) is 15.1. The third kappa shape index (κ3) is 4.04. The van der Waals surface area contributed by atoms with E-state index in [2.05, 4.69) is 29.2 Å². The van der Waals surface area contributed by atoms with E-state index in [-0.39, 0.29) is 17.7 Å². The van der Waals surface area contributed by atoms with E-state index in [0.29, 0.717) is 5.82 Å². The Kier molecular flexibility index (Phi) is 5.56. The number of hydrogen-bond acceptors (Lipinski definition) is 4. The van der Waals surface area contributed by atoms with Gasteiger partial charge in [-0.15, -0.1) is 5.10 Å². The van der Waals surface area contributed by atoms with E-state index >= 15 is 0 Å². The van der Waals surface area contributed by atoms with Crippen molar-refractivity contribution in [1.82, 2.24) is 20.1 Å². The zero-order chi connectivity index (χ0) is 18.7. The van der Waals surface area contributed by atoms with Crippen LogP contribution in [0.4, 0.5) is 0 Å². The number of nitrogens with zero attached hydrogens (tertiary/aromatic N) is 3. The van der Waals surface area contributed by atoms with E-state index < -0.39 is 17.9 Å². The molecule has 1 aromatic carbocycles. The average Bonchev–Trinajstić information content (AvgIpc) is 2.93. The number of carbonyl (C=O) groups excluding carboxylic acids is 1. The largest absolute Gasteiger partial charge is 0.480 e. The summed E-state index contributed by atoms with van der Waals surface area (Å²) in [6.45, 7) is 9.39. The smallest absolute Gasteiger partial charge is 0.326 e. The molecule has 0 saturated carbocycles. The van der Waals surface area contributed by atoms with E-state index in [1.54, 1.807) is 25.5 Å². The lowest BCUT2D eigenvalue weighted by Gasteiger charge is -2.16. The lowest BCUT2D eigenvalue weighted by molar-refractivity contribution is -0.140. The summed E-state index contributed by atoms with van der Waals surface area (Å²) in [4.78, 5) is 27.8. The van der Waals surface area contributed by atoms with Gasteiger partial charge in [-0.05, 0) is 30.4 Å². The first kappa shape index (κ1) is 18.6. The van der Waals surface area contributed by atoms with Crippen molar-refractivity contribution in [3.8, 4) is 5.69 Å². The minimum atomic E-state index is -1.08. The molecule has 0 aliphatic rings. The number of amides is 1. The summed E-state index contributed by atoms with van der Waals surface area (Å²) in [5, 5.41) is 16.0. The maximum Gasteiger partial charge on any atom is 0.326 e. The molecule has 0 fully saturated rings. The fraction of sp³-hybridized carbons (Fsp3) is 0.444. The molecule has 1 aromatic heterocycles. The molecule has 25 heavy (non-hydrogen) atoms. The molecule has 0 aliphatic carbocycles. The van der Waals surface area contributed by atoms with Gasteiger partial charge in [0.25, 0.3) is 5.91 Å². The number of aliphatic carboxylic acids is 1. The number of rotatable bonds is 6. The predicted octanol–water partition coefficient (Wildman–Crippen LogP) is 2.54. The molecule has 2 aromatic rings. The SMILES string of the molecule is Cc1nc(C(=O)N[C@H](C(=O)O)C(C)C)nn1-c1ccccc1C(C)C. The molecule has 0 saturated heterocycles. The Morgan fingerprint density at radius 1 is 1.16 bits per heavy atom. The van der Waals surface area contributed by atoms with Crippen LogP contribution in [0.3, 0.4) is 0 Å². The molecule has 0 aliphatic heterocycles. The molecule has 0 spiro atoms. The van der Waals surface area contributed by atoms with Crippen molar-refractivity contribution in [2.45, 2.75) is 46.6 Å². The number of para-hydroxylation sites is 1. The van der Waals surface area contributed by atoms with Crippen molar-refractivity contribution in [2.75, 3.05) is 0 Å². The second kappa shape index (κ2) is 7.46. The van der Waals surface area contributed by atoms with E-state index in [1.807, 2.05) is 24.3 Å². The molecule has 0 unspecified atom stereocenters. The van der Waals surface area contributed by atoms with E-state index in [1.165, 1.54) is 0 Å². The standard InChI is InChI=1S/C18H24N4O3/c1-10(2)13-8-6-7-9-14(13)22-12(5)19-16(21-22)17(23)20-15(11(3)4)18(24)25/h6-11,15H,1-5H3,(H,20,23)(H,24,25)/t15-/m0/s1. The van der Waals surface area contributed by atoms with Crippen LogP contribution < -0.4 is 5.32 Å². The van der Waals surface area contributed by atoms with E-state index in [9.17, 15) is 14.7 Å². The van der Waals surface area contributed by atoms with E-state index in [0.717, 1.165) is 11.3 Å². The number of carboxylic acid groups (broad SMARTS) is 1. The second-order valence-electron chi connectivity index (χ2n) is 6.64.